The van der Waals surface area contributed by atoms with Crippen LogP contribution >= 0.6 is 11.6 Å². The molecule has 3 heteroatoms. The van der Waals surface area contributed by atoms with Crippen LogP contribution in [0.3, 0.4) is 0 Å². The lowest BCUT2D eigenvalue weighted by atomic mass is 9.86. The molecule has 0 aliphatic carbocycles. The number of aliphatic imine (C=N–C) groups is 1. The number of piperidine rings is 1. The second-order valence-electron chi connectivity index (χ2n) is 4.89. The SMILES string of the molecule is CN=C1c2ccc(Cl)cc2CN2CCCCC12. The molecule has 1 aromatic carbocycles. The van der Waals surface area contributed by atoms with E-state index in [1.54, 1.807) is 0 Å². The maximum absolute atomic E-state index is 6.08. The Morgan fingerprint density at radius 2 is 2.24 bits per heavy atom. The first-order valence-electron chi connectivity index (χ1n) is 6.29. The summed E-state index contributed by atoms with van der Waals surface area (Å²) < 4.78 is 0. The van der Waals surface area contributed by atoms with Crippen LogP contribution in [0.25, 0.3) is 0 Å². The van der Waals surface area contributed by atoms with E-state index in [-0.39, 0.29) is 0 Å². The highest BCUT2D eigenvalue weighted by atomic mass is 35.5. The fourth-order valence-electron chi connectivity index (χ4n) is 3.10. The molecule has 1 atom stereocenters. The predicted octanol–water partition coefficient (Wildman–Crippen LogP) is 3.13. The first-order chi connectivity index (χ1) is 8.29. The molecule has 1 fully saturated rings. The second-order valence-corrected chi connectivity index (χ2v) is 5.33. The van der Waals surface area contributed by atoms with Crippen molar-refractivity contribution in [3.05, 3.63) is 34.3 Å². The van der Waals surface area contributed by atoms with Gasteiger partial charge in [-0.2, -0.15) is 0 Å². The summed E-state index contributed by atoms with van der Waals surface area (Å²) in [7, 11) is 1.91. The van der Waals surface area contributed by atoms with Crippen LogP contribution in [0.1, 0.15) is 30.4 Å². The molecule has 2 nitrogen and oxygen atoms in total. The molecule has 3 rings (SSSR count). The van der Waals surface area contributed by atoms with E-state index in [9.17, 15) is 0 Å². The molecule has 1 unspecified atom stereocenters. The van der Waals surface area contributed by atoms with Crippen molar-refractivity contribution >= 4 is 17.3 Å². The molecular weight excluding hydrogens is 232 g/mol. The number of hydrogen-bond acceptors (Lipinski definition) is 2. The number of benzene rings is 1. The van der Waals surface area contributed by atoms with Gasteiger partial charge in [0, 0.05) is 24.2 Å². The molecule has 1 saturated heterocycles. The molecule has 2 aliphatic rings. The summed E-state index contributed by atoms with van der Waals surface area (Å²) in [5.74, 6) is 0. The monoisotopic (exact) mass is 248 g/mol. The van der Waals surface area contributed by atoms with Gasteiger partial charge in [0.1, 0.15) is 0 Å². The van der Waals surface area contributed by atoms with Crippen molar-refractivity contribution in [3.63, 3.8) is 0 Å². The summed E-state index contributed by atoms with van der Waals surface area (Å²) in [4.78, 5) is 7.08. The largest absolute Gasteiger partial charge is 0.291 e. The van der Waals surface area contributed by atoms with Crippen molar-refractivity contribution in [1.29, 1.82) is 0 Å². The van der Waals surface area contributed by atoms with Crippen LogP contribution in [0.4, 0.5) is 0 Å². The number of hydrogen-bond donors (Lipinski definition) is 0. The molecule has 0 N–H and O–H groups in total. The molecule has 2 heterocycles. The van der Waals surface area contributed by atoms with Gasteiger partial charge in [0.2, 0.25) is 0 Å². The first-order valence-corrected chi connectivity index (χ1v) is 6.67. The minimum atomic E-state index is 0.530. The first kappa shape index (κ1) is 11.2. The maximum atomic E-state index is 6.08. The Morgan fingerprint density at radius 3 is 3.06 bits per heavy atom. The lowest BCUT2D eigenvalue weighted by molar-refractivity contribution is 0.178. The van der Waals surface area contributed by atoms with Crippen molar-refractivity contribution in [2.75, 3.05) is 13.6 Å². The normalized spacial score (nSPS) is 26.7. The van der Waals surface area contributed by atoms with Crippen LogP contribution in [0.5, 0.6) is 0 Å². The van der Waals surface area contributed by atoms with E-state index in [0.717, 1.165) is 11.6 Å². The number of rotatable bonds is 0. The fourth-order valence-corrected chi connectivity index (χ4v) is 3.30. The topological polar surface area (TPSA) is 15.6 Å². The molecule has 0 spiro atoms. The third-order valence-corrected chi connectivity index (χ3v) is 4.12. The molecule has 0 bridgehead atoms. The van der Waals surface area contributed by atoms with Crippen LogP contribution in [0.2, 0.25) is 5.02 Å². The molecule has 90 valence electrons. The standard InChI is InChI=1S/C14H17ClN2/c1-16-14-12-6-5-11(15)8-10(12)9-17-7-3-2-4-13(14)17/h5-6,8,13H,2-4,7,9H2,1H3. The zero-order valence-corrected chi connectivity index (χ0v) is 10.9. The van der Waals surface area contributed by atoms with Crippen LogP contribution < -0.4 is 0 Å². The highest BCUT2D eigenvalue weighted by Crippen LogP contribution is 2.31. The van der Waals surface area contributed by atoms with Gasteiger partial charge in [-0.25, -0.2) is 0 Å². The summed E-state index contributed by atoms with van der Waals surface area (Å²) in [6.45, 7) is 2.22. The second kappa shape index (κ2) is 4.43. The third-order valence-electron chi connectivity index (χ3n) is 3.89. The van der Waals surface area contributed by atoms with Gasteiger partial charge in [0.05, 0.1) is 11.8 Å². The van der Waals surface area contributed by atoms with Gasteiger partial charge < -0.3 is 0 Å². The average Bonchev–Trinajstić information content (AvgIpc) is 2.35. The van der Waals surface area contributed by atoms with Crippen molar-refractivity contribution in [2.24, 2.45) is 4.99 Å². The summed E-state index contributed by atoms with van der Waals surface area (Å²) in [6, 6.07) is 6.73. The van der Waals surface area contributed by atoms with E-state index in [4.69, 9.17) is 11.6 Å². The van der Waals surface area contributed by atoms with E-state index >= 15 is 0 Å². The van der Waals surface area contributed by atoms with Crippen LogP contribution in [0.15, 0.2) is 23.2 Å². The quantitative estimate of drug-likeness (QED) is 0.689. The van der Waals surface area contributed by atoms with E-state index < -0.39 is 0 Å². The van der Waals surface area contributed by atoms with E-state index in [0.29, 0.717) is 6.04 Å². The smallest absolute Gasteiger partial charge is 0.0592 e. The van der Waals surface area contributed by atoms with Crippen LogP contribution in [-0.4, -0.2) is 30.2 Å². The average molecular weight is 249 g/mol. The molecular formula is C14H17ClN2. The maximum Gasteiger partial charge on any atom is 0.0592 e. The van der Waals surface area contributed by atoms with Crippen molar-refractivity contribution in [3.8, 4) is 0 Å². The Hall–Kier alpha value is -0.860. The minimum absolute atomic E-state index is 0.530. The predicted molar refractivity (Wildman–Crippen MR) is 72.0 cm³/mol. The molecule has 1 aromatic rings. The molecule has 0 radical (unpaired) electrons. The number of halogens is 1. The van der Waals surface area contributed by atoms with Gasteiger partial charge in [-0.05, 0) is 37.1 Å². The summed E-state index contributed by atoms with van der Waals surface area (Å²) in [6.07, 6.45) is 3.88. The summed E-state index contributed by atoms with van der Waals surface area (Å²) >= 11 is 6.08. The fraction of sp³-hybridized carbons (Fsp3) is 0.500. The zero-order chi connectivity index (χ0) is 11.8. The molecule has 0 aromatic heterocycles. The lowest BCUT2D eigenvalue weighted by Gasteiger charge is -2.41. The molecule has 0 saturated carbocycles. The minimum Gasteiger partial charge on any atom is -0.291 e. The van der Waals surface area contributed by atoms with Gasteiger partial charge in [-0.1, -0.05) is 24.1 Å². The molecule has 0 amide bonds. The molecule has 17 heavy (non-hydrogen) atoms. The van der Waals surface area contributed by atoms with Gasteiger partial charge in [-0.3, -0.25) is 9.89 Å². The van der Waals surface area contributed by atoms with Crippen LogP contribution in [0, 0.1) is 0 Å². The van der Waals surface area contributed by atoms with Gasteiger partial charge in [0.25, 0.3) is 0 Å². The zero-order valence-electron chi connectivity index (χ0n) is 10.1. The van der Waals surface area contributed by atoms with E-state index in [2.05, 4.69) is 22.0 Å². The highest BCUT2D eigenvalue weighted by Gasteiger charge is 2.32. The number of nitrogens with zero attached hydrogens (tertiary/aromatic N) is 2. The van der Waals surface area contributed by atoms with Crippen LogP contribution in [-0.2, 0) is 6.54 Å². The Morgan fingerprint density at radius 1 is 1.35 bits per heavy atom. The Bertz CT molecular complexity index is 467. The summed E-state index contributed by atoms with van der Waals surface area (Å²) in [5, 5.41) is 0.828. The van der Waals surface area contributed by atoms with Crippen molar-refractivity contribution < 1.29 is 0 Å². The van der Waals surface area contributed by atoms with E-state index in [1.807, 2.05) is 13.1 Å². The number of fused-ring (bicyclic) bond motifs is 2. The Labute approximate surface area is 107 Å². The van der Waals surface area contributed by atoms with E-state index in [1.165, 1.54) is 42.6 Å². The van der Waals surface area contributed by atoms with Crippen molar-refractivity contribution in [1.82, 2.24) is 4.90 Å². The lowest BCUT2D eigenvalue weighted by Crippen LogP contribution is -2.48. The van der Waals surface area contributed by atoms with Gasteiger partial charge >= 0.3 is 0 Å². The van der Waals surface area contributed by atoms with Gasteiger partial charge in [0.15, 0.2) is 0 Å². The Balaban J connectivity index is 2.07. The highest BCUT2D eigenvalue weighted by molar-refractivity contribution is 6.30. The van der Waals surface area contributed by atoms with Crippen molar-refractivity contribution in [2.45, 2.75) is 31.8 Å². The summed E-state index contributed by atoms with van der Waals surface area (Å²) in [5.41, 5.74) is 3.89. The van der Waals surface area contributed by atoms with Gasteiger partial charge in [-0.15, -0.1) is 0 Å². The third kappa shape index (κ3) is 1.90. The Kier molecular flexibility index (Phi) is 2.93. The molecule has 2 aliphatic heterocycles.